The Morgan fingerprint density at radius 2 is 1.27 bits per heavy atom. The molecule has 1 heterocycles. The molecule has 0 aliphatic rings. The second-order valence-corrected chi connectivity index (χ2v) is 7.55. The van der Waals surface area contributed by atoms with E-state index in [1.165, 1.54) is 38.6 Å². The lowest BCUT2D eigenvalue weighted by molar-refractivity contribution is 0.407. The maximum absolute atomic E-state index is 9.64. The molecule has 0 atom stereocenters. The van der Waals surface area contributed by atoms with Crippen LogP contribution in [-0.2, 0) is 0 Å². The van der Waals surface area contributed by atoms with Gasteiger partial charge in [-0.15, -0.1) is 0 Å². The minimum atomic E-state index is 0.0891. The topological polar surface area (TPSA) is 146 Å². The third-order valence-electron chi connectivity index (χ3n) is 4.96. The minimum absolute atomic E-state index is 0.0891. The fourth-order valence-corrected chi connectivity index (χ4v) is 3.23. The summed E-state index contributed by atoms with van der Waals surface area (Å²) >= 11 is 0. The molecule has 0 spiro atoms. The number of rotatable bonds is 10. The van der Waals surface area contributed by atoms with Crippen molar-refractivity contribution < 1.29 is 19.7 Å². The van der Waals surface area contributed by atoms with Crippen LogP contribution in [0, 0.1) is 0 Å². The van der Waals surface area contributed by atoms with Gasteiger partial charge >= 0.3 is 0 Å². The van der Waals surface area contributed by atoms with Crippen molar-refractivity contribution in [1.82, 2.24) is 9.97 Å². The van der Waals surface area contributed by atoms with Crippen LogP contribution >= 0.6 is 0 Å². The maximum atomic E-state index is 9.64. The van der Waals surface area contributed by atoms with Gasteiger partial charge in [-0.2, -0.15) is 20.2 Å². The molecule has 11 heteroatoms. The van der Waals surface area contributed by atoms with Crippen LogP contribution in [0.2, 0.25) is 0 Å². The van der Waals surface area contributed by atoms with Gasteiger partial charge in [0.25, 0.3) is 0 Å². The van der Waals surface area contributed by atoms with Crippen molar-refractivity contribution in [1.29, 1.82) is 0 Å². The first-order valence-corrected chi connectivity index (χ1v) is 11.1. The third kappa shape index (κ3) is 6.85. The number of phenols is 2. The average Bonchev–Trinajstić information content (AvgIpc) is 2.90. The quantitative estimate of drug-likeness (QED) is 0.157. The van der Waals surface area contributed by atoms with Gasteiger partial charge in [-0.25, -0.2) is 5.43 Å². The predicted molar refractivity (Wildman–Crippen MR) is 144 cm³/mol. The number of phenolic OH excluding ortho intramolecular Hbond substituents is 2. The molecule has 188 valence electrons. The summed E-state index contributed by atoms with van der Waals surface area (Å²) in [5, 5.41) is 30.9. The van der Waals surface area contributed by atoms with E-state index in [1.807, 2.05) is 30.3 Å². The van der Waals surface area contributed by atoms with E-state index in [1.54, 1.807) is 30.5 Å². The van der Waals surface area contributed by atoms with Gasteiger partial charge in [-0.3, -0.25) is 5.43 Å². The summed E-state index contributed by atoms with van der Waals surface area (Å²) in [4.78, 5) is 8.87. The van der Waals surface area contributed by atoms with E-state index in [2.05, 4.69) is 36.3 Å². The van der Waals surface area contributed by atoms with Crippen LogP contribution in [0.15, 0.2) is 83.0 Å². The van der Waals surface area contributed by atoms with Crippen molar-refractivity contribution in [3.8, 4) is 23.0 Å². The Morgan fingerprint density at radius 1 is 0.703 bits per heavy atom. The molecule has 0 fully saturated rings. The van der Waals surface area contributed by atoms with Crippen molar-refractivity contribution in [3.63, 3.8) is 0 Å². The van der Waals surface area contributed by atoms with E-state index < -0.39 is 0 Å². The molecule has 5 N–H and O–H groups in total. The number of para-hydroxylation sites is 1. The monoisotopic (exact) mass is 499 g/mol. The van der Waals surface area contributed by atoms with Gasteiger partial charge in [0.05, 0.1) is 26.6 Å². The van der Waals surface area contributed by atoms with Crippen molar-refractivity contribution in [3.05, 3.63) is 83.9 Å². The molecule has 0 aliphatic heterocycles. The lowest BCUT2D eigenvalue weighted by Gasteiger charge is -2.10. The molecule has 11 nitrogen and oxygen atoms in total. The molecule has 0 saturated carbocycles. The number of aromatic hydroxyl groups is 2. The van der Waals surface area contributed by atoms with E-state index in [4.69, 9.17) is 9.47 Å². The minimum Gasteiger partial charge on any atom is -0.508 e. The van der Waals surface area contributed by atoms with Gasteiger partial charge in [-0.05, 0) is 36.4 Å². The Hall–Kier alpha value is -5.32. The van der Waals surface area contributed by atoms with E-state index >= 15 is 0 Å². The number of anilines is 4. The molecule has 0 saturated heterocycles. The highest BCUT2D eigenvalue weighted by atomic mass is 16.5. The van der Waals surface area contributed by atoms with Gasteiger partial charge in [-0.1, -0.05) is 18.2 Å². The summed E-state index contributed by atoms with van der Waals surface area (Å²) < 4.78 is 10.5. The average molecular weight is 500 g/mol. The highest BCUT2D eigenvalue weighted by Gasteiger charge is 2.07. The van der Waals surface area contributed by atoms with E-state index in [9.17, 15) is 10.2 Å². The molecule has 4 rings (SSSR count). The zero-order valence-corrected chi connectivity index (χ0v) is 20.1. The predicted octanol–water partition coefficient (Wildman–Crippen LogP) is 4.54. The Kier molecular flexibility index (Phi) is 7.97. The number of nitrogens with zero attached hydrogens (tertiary/aromatic N) is 4. The van der Waals surface area contributed by atoms with Crippen molar-refractivity contribution in [2.24, 2.45) is 10.2 Å². The molecule has 0 bridgehead atoms. The molecular weight excluding hydrogens is 474 g/mol. The van der Waals surface area contributed by atoms with Gasteiger partial charge < -0.3 is 25.0 Å². The first kappa shape index (κ1) is 24.8. The number of hydrogen-bond acceptors (Lipinski definition) is 11. The number of methoxy groups -OCH3 is 2. The number of nitrogens with one attached hydrogen (secondary N) is 3. The second-order valence-electron chi connectivity index (χ2n) is 7.55. The molecule has 0 aliphatic carbocycles. The van der Waals surface area contributed by atoms with Crippen LogP contribution in [0.4, 0.5) is 23.3 Å². The van der Waals surface area contributed by atoms with Crippen molar-refractivity contribution >= 4 is 35.7 Å². The van der Waals surface area contributed by atoms with Crippen LogP contribution in [0.5, 0.6) is 23.0 Å². The highest BCUT2D eigenvalue weighted by molar-refractivity contribution is 5.85. The number of benzene rings is 3. The number of hydrogen-bond donors (Lipinski definition) is 5. The first-order chi connectivity index (χ1) is 18.0. The molecule has 0 amide bonds. The standard InChI is InChI=1S/C26H25N7O4/c1-36-22-12-20(34)10-8-17(22)15-27-32-25-14-24(29-19-6-4-3-5-7-19)30-26(31-25)33-28-16-18-9-11-21(35)13-23(18)37-2/h3-16,34-35H,1-2H3,(H3,29,30,31,32,33). The number of hydrazone groups is 2. The summed E-state index contributed by atoms with van der Waals surface area (Å²) in [5.41, 5.74) is 7.84. The van der Waals surface area contributed by atoms with Crippen LogP contribution in [-0.4, -0.2) is 46.8 Å². The van der Waals surface area contributed by atoms with Gasteiger partial charge in [0.2, 0.25) is 5.95 Å². The van der Waals surface area contributed by atoms with Crippen LogP contribution in [0.1, 0.15) is 11.1 Å². The molecule has 1 aromatic heterocycles. The fourth-order valence-electron chi connectivity index (χ4n) is 3.23. The van der Waals surface area contributed by atoms with E-state index in [0.717, 1.165) is 5.69 Å². The Labute approximate surface area is 213 Å². The lowest BCUT2D eigenvalue weighted by Crippen LogP contribution is -2.04. The van der Waals surface area contributed by atoms with Gasteiger partial charge in [0, 0.05) is 35.0 Å². The summed E-state index contributed by atoms with van der Waals surface area (Å²) in [6.45, 7) is 0. The molecule has 3 aromatic carbocycles. The van der Waals surface area contributed by atoms with E-state index in [-0.39, 0.29) is 17.4 Å². The summed E-state index contributed by atoms with van der Waals surface area (Å²) in [6, 6.07) is 20.7. The fraction of sp³-hybridized carbons (Fsp3) is 0.0769. The summed E-state index contributed by atoms with van der Waals surface area (Å²) in [7, 11) is 3.02. The third-order valence-corrected chi connectivity index (χ3v) is 4.96. The van der Waals surface area contributed by atoms with Gasteiger partial charge in [0.1, 0.15) is 28.8 Å². The smallest absolute Gasteiger partial charge is 0.247 e. The first-order valence-electron chi connectivity index (χ1n) is 11.1. The molecule has 0 radical (unpaired) electrons. The zero-order valence-electron chi connectivity index (χ0n) is 20.1. The highest BCUT2D eigenvalue weighted by Crippen LogP contribution is 2.24. The molecule has 4 aromatic rings. The van der Waals surface area contributed by atoms with Crippen LogP contribution in [0.25, 0.3) is 0 Å². The summed E-state index contributed by atoms with van der Waals surface area (Å²) in [5.74, 6) is 2.22. The number of aromatic nitrogens is 2. The zero-order chi connectivity index (χ0) is 26.0. The maximum Gasteiger partial charge on any atom is 0.247 e. The van der Waals surface area contributed by atoms with Gasteiger partial charge in [0.15, 0.2) is 5.82 Å². The van der Waals surface area contributed by atoms with Crippen LogP contribution < -0.4 is 25.6 Å². The van der Waals surface area contributed by atoms with Crippen molar-refractivity contribution in [2.45, 2.75) is 0 Å². The lowest BCUT2D eigenvalue weighted by atomic mass is 10.2. The molecule has 37 heavy (non-hydrogen) atoms. The Balaban J connectivity index is 1.56. The normalized spacial score (nSPS) is 11.0. The van der Waals surface area contributed by atoms with Crippen molar-refractivity contribution in [2.75, 3.05) is 30.4 Å². The molecule has 0 unspecified atom stereocenters. The molecular formula is C26H25N7O4. The SMILES string of the molecule is COc1cc(O)ccc1C=NNc1cc(Nc2ccccc2)nc(NN=Cc2ccc(O)cc2OC)n1. The summed E-state index contributed by atoms with van der Waals surface area (Å²) in [6.07, 6.45) is 3.08. The largest absolute Gasteiger partial charge is 0.508 e. The number of ether oxygens (including phenoxy) is 2. The Bertz CT molecular complexity index is 1330. The Morgan fingerprint density at radius 3 is 1.86 bits per heavy atom. The van der Waals surface area contributed by atoms with E-state index in [0.29, 0.717) is 34.3 Å². The second kappa shape index (κ2) is 11.9. The van der Waals surface area contributed by atoms with Crippen LogP contribution in [0.3, 0.4) is 0 Å².